The van der Waals surface area contributed by atoms with E-state index < -0.39 is 0 Å². The first kappa shape index (κ1) is 12.9. The lowest BCUT2D eigenvalue weighted by Gasteiger charge is -2.08. The highest BCUT2D eigenvalue weighted by Gasteiger charge is 2.09. The zero-order chi connectivity index (χ0) is 14.5. The highest BCUT2D eigenvalue weighted by Crippen LogP contribution is 2.22. The molecule has 0 aliphatic carbocycles. The summed E-state index contributed by atoms with van der Waals surface area (Å²) in [5.41, 5.74) is 3.25. The van der Waals surface area contributed by atoms with Crippen molar-refractivity contribution in [1.29, 1.82) is 0 Å². The Kier molecular flexibility index (Phi) is 3.60. The standard InChI is InChI=1S/C15H12N4O2/c20-18-15(14-10-16-21-19-14)17-13-8-4-7-12(9-13)11-5-2-1-3-6-11/h1-10,20H,(H,17,18). The molecule has 0 fully saturated rings. The average Bonchev–Trinajstić information content (AvgIpc) is 3.08. The number of hydrogen-bond acceptors (Lipinski definition) is 5. The zero-order valence-corrected chi connectivity index (χ0v) is 11.0. The summed E-state index contributed by atoms with van der Waals surface area (Å²) in [6.07, 6.45) is 1.36. The highest BCUT2D eigenvalue weighted by atomic mass is 16.6. The lowest BCUT2D eigenvalue weighted by molar-refractivity contribution is 0.303. The van der Waals surface area contributed by atoms with Gasteiger partial charge in [0.05, 0.1) is 0 Å². The van der Waals surface area contributed by atoms with E-state index in [-0.39, 0.29) is 5.84 Å². The second-order valence-electron chi connectivity index (χ2n) is 4.31. The molecule has 21 heavy (non-hydrogen) atoms. The zero-order valence-electron chi connectivity index (χ0n) is 11.0. The molecule has 1 heterocycles. The molecule has 0 spiro atoms. The van der Waals surface area contributed by atoms with Gasteiger partial charge in [-0.3, -0.25) is 0 Å². The van der Waals surface area contributed by atoms with Crippen LogP contribution in [-0.4, -0.2) is 21.4 Å². The van der Waals surface area contributed by atoms with Crippen LogP contribution >= 0.6 is 0 Å². The molecule has 2 aromatic carbocycles. The van der Waals surface area contributed by atoms with Crippen LogP contribution in [0.5, 0.6) is 0 Å². The molecule has 0 aliphatic rings. The van der Waals surface area contributed by atoms with Crippen molar-refractivity contribution >= 4 is 11.5 Å². The smallest absolute Gasteiger partial charge is 0.201 e. The molecule has 0 saturated heterocycles. The molecule has 3 aromatic rings. The van der Waals surface area contributed by atoms with Crippen molar-refractivity contribution in [2.75, 3.05) is 5.32 Å². The molecule has 6 nitrogen and oxygen atoms in total. The third-order valence-electron chi connectivity index (χ3n) is 2.94. The molecule has 0 saturated carbocycles. The maximum Gasteiger partial charge on any atom is 0.201 e. The van der Waals surface area contributed by atoms with E-state index in [1.54, 1.807) is 0 Å². The average molecular weight is 280 g/mol. The molecule has 3 rings (SSSR count). The van der Waals surface area contributed by atoms with Gasteiger partial charge in [-0.2, -0.15) is 0 Å². The molecule has 0 aliphatic heterocycles. The maximum atomic E-state index is 9.06. The summed E-state index contributed by atoms with van der Waals surface area (Å²) in [6.45, 7) is 0. The lowest BCUT2D eigenvalue weighted by Crippen LogP contribution is -2.14. The van der Waals surface area contributed by atoms with Crippen molar-refractivity contribution in [2.24, 2.45) is 5.16 Å². The molecule has 0 amide bonds. The van der Waals surface area contributed by atoms with E-state index in [1.165, 1.54) is 6.20 Å². The summed E-state index contributed by atoms with van der Waals surface area (Å²) >= 11 is 0. The van der Waals surface area contributed by atoms with Gasteiger partial charge in [-0.05, 0) is 28.4 Å². The molecule has 0 bridgehead atoms. The van der Waals surface area contributed by atoms with Crippen LogP contribution in [0.25, 0.3) is 11.1 Å². The van der Waals surface area contributed by atoms with Gasteiger partial charge >= 0.3 is 0 Å². The van der Waals surface area contributed by atoms with Crippen LogP contribution in [0, 0.1) is 0 Å². The van der Waals surface area contributed by atoms with Crippen LogP contribution in [0.15, 0.2) is 70.6 Å². The van der Waals surface area contributed by atoms with Crippen molar-refractivity contribution in [3.63, 3.8) is 0 Å². The van der Waals surface area contributed by atoms with Gasteiger partial charge in [-0.15, -0.1) is 0 Å². The Bertz CT molecular complexity index is 739. The molecule has 1 aromatic heterocycles. The lowest BCUT2D eigenvalue weighted by atomic mass is 10.1. The summed E-state index contributed by atoms with van der Waals surface area (Å²) in [4.78, 5) is 0. The third-order valence-corrected chi connectivity index (χ3v) is 2.94. The molecular formula is C15H12N4O2. The van der Waals surface area contributed by atoms with Crippen LogP contribution in [-0.2, 0) is 0 Å². The van der Waals surface area contributed by atoms with Crippen molar-refractivity contribution < 1.29 is 9.84 Å². The minimum absolute atomic E-state index is 0.168. The van der Waals surface area contributed by atoms with Gasteiger partial charge in [-0.1, -0.05) is 52.8 Å². The number of benzene rings is 2. The molecule has 0 radical (unpaired) electrons. The molecular weight excluding hydrogens is 268 g/mol. The van der Waals surface area contributed by atoms with Gasteiger partial charge in [0.1, 0.15) is 6.20 Å². The summed E-state index contributed by atoms with van der Waals surface area (Å²) in [5, 5.41) is 22.3. The van der Waals surface area contributed by atoms with E-state index in [4.69, 9.17) is 5.21 Å². The van der Waals surface area contributed by atoms with E-state index in [2.05, 4.69) is 25.4 Å². The van der Waals surface area contributed by atoms with E-state index in [0.29, 0.717) is 5.69 Å². The topological polar surface area (TPSA) is 83.5 Å². The van der Waals surface area contributed by atoms with Crippen LogP contribution in [0.2, 0.25) is 0 Å². The normalized spacial score (nSPS) is 11.3. The van der Waals surface area contributed by atoms with E-state index in [1.807, 2.05) is 54.6 Å². The van der Waals surface area contributed by atoms with E-state index in [9.17, 15) is 0 Å². The first-order chi connectivity index (χ1) is 10.4. The monoisotopic (exact) mass is 280 g/mol. The van der Waals surface area contributed by atoms with E-state index >= 15 is 0 Å². The second kappa shape index (κ2) is 5.87. The van der Waals surface area contributed by atoms with Crippen molar-refractivity contribution in [1.82, 2.24) is 10.3 Å². The van der Waals surface area contributed by atoms with Gasteiger partial charge < -0.3 is 10.5 Å². The first-order valence-electron chi connectivity index (χ1n) is 6.29. The minimum Gasteiger partial charge on any atom is -0.409 e. The molecule has 0 atom stereocenters. The second-order valence-corrected chi connectivity index (χ2v) is 4.31. The first-order valence-corrected chi connectivity index (χ1v) is 6.29. The fraction of sp³-hybridized carbons (Fsp3) is 0. The Balaban J connectivity index is 1.87. The van der Waals surface area contributed by atoms with Gasteiger partial charge in [0.25, 0.3) is 0 Å². The Hall–Kier alpha value is -3.15. The number of oxime groups is 1. The largest absolute Gasteiger partial charge is 0.409 e. The Morgan fingerprint density at radius 3 is 2.57 bits per heavy atom. The maximum absolute atomic E-state index is 9.06. The number of aromatic nitrogens is 2. The minimum atomic E-state index is 0.168. The van der Waals surface area contributed by atoms with Crippen LogP contribution in [0.4, 0.5) is 5.69 Å². The Morgan fingerprint density at radius 2 is 1.86 bits per heavy atom. The van der Waals surface area contributed by atoms with Crippen LogP contribution in [0.1, 0.15) is 5.69 Å². The van der Waals surface area contributed by atoms with Crippen LogP contribution in [0.3, 0.4) is 0 Å². The number of nitrogens with zero attached hydrogens (tertiary/aromatic N) is 3. The fourth-order valence-electron chi connectivity index (χ4n) is 1.95. The molecule has 2 N–H and O–H groups in total. The van der Waals surface area contributed by atoms with Crippen molar-refractivity contribution in [3.05, 3.63) is 66.5 Å². The molecule has 104 valence electrons. The van der Waals surface area contributed by atoms with E-state index in [0.717, 1.165) is 16.8 Å². The SMILES string of the molecule is ON=C(Nc1cccc(-c2ccccc2)c1)c1cnon1. The summed E-state index contributed by atoms with van der Waals surface area (Å²) in [6, 6.07) is 17.7. The van der Waals surface area contributed by atoms with Gasteiger partial charge in [-0.25, -0.2) is 4.63 Å². The van der Waals surface area contributed by atoms with Gasteiger partial charge in [0, 0.05) is 5.69 Å². The third kappa shape index (κ3) is 2.89. The molecule has 0 unspecified atom stereocenters. The summed E-state index contributed by atoms with van der Waals surface area (Å²) in [5.74, 6) is 0.168. The summed E-state index contributed by atoms with van der Waals surface area (Å²) in [7, 11) is 0. The number of anilines is 1. The predicted octanol–water partition coefficient (Wildman–Crippen LogP) is 2.98. The predicted molar refractivity (Wildman–Crippen MR) is 78.1 cm³/mol. The van der Waals surface area contributed by atoms with Crippen molar-refractivity contribution in [2.45, 2.75) is 0 Å². The van der Waals surface area contributed by atoms with Gasteiger partial charge in [0.2, 0.25) is 5.84 Å². The van der Waals surface area contributed by atoms with Crippen LogP contribution < -0.4 is 5.32 Å². The van der Waals surface area contributed by atoms with Crippen molar-refractivity contribution in [3.8, 4) is 11.1 Å². The number of amidine groups is 1. The quantitative estimate of drug-likeness (QED) is 0.333. The molecule has 6 heteroatoms. The van der Waals surface area contributed by atoms with Gasteiger partial charge in [0.15, 0.2) is 5.69 Å². The highest BCUT2D eigenvalue weighted by molar-refractivity contribution is 6.06. The Labute approximate surface area is 120 Å². The number of nitrogens with one attached hydrogen (secondary N) is 1. The number of hydrogen-bond donors (Lipinski definition) is 2. The summed E-state index contributed by atoms with van der Waals surface area (Å²) < 4.78 is 4.50. The number of rotatable bonds is 3. The Morgan fingerprint density at radius 1 is 1.05 bits per heavy atom. The fourth-order valence-corrected chi connectivity index (χ4v) is 1.95.